The van der Waals surface area contributed by atoms with Crippen molar-refractivity contribution in [1.82, 2.24) is 5.32 Å². The first-order chi connectivity index (χ1) is 6.45. The van der Waals surface area contributed by atoms with Gasteiger partial charge < -0.3 is 5.32 Å². The van der Waals surface area contributed by atoms with Crippen LogP contribution in [0.5, 0.6) is 0 Å². The molecule has 1 aromatic heterocycles. The fourth-order valence-corrected chi connectivity index (χ4v) is 2.27. The number of rotatable bonds is 2. The molecule has 0 saturated carbocycles. The van der Waals surface area contributed by atoms with Gasteiger partial charge in [0.2, 0.25) is 0 Å². The summed E-state index contributed by atoms with van der Waals surface area (Å²) in [5, 5.41) is 5.62. The van der Waals surface area contributed by atoms with Gasteiger partial charge in [0.25, 0.3) is 0 Å². The molecule has 1 saturated heterocycles. The van der Waals surface area contributed by atoms with E-state index >= 15 is 0 Å². The molecule has 1 atom stereocenters. The summed E-state index contributed by atoms with van der Waals surface area (Å²) < 4.78 is 0. The van der Waals surface area contributed by atoms with Gasteiger partial charge >= 0.3 is 0 Å². The van der Waals surface area contributed by atoms with Crippen LogP contribution in [0, 0.1) is 0 Å². The average molecular weight is 193 g/mol. The summed E-state index contributed by atoms with van der Waals surface area (Å²) in [5.41, 5.74) is 0. The van der Waals surface area contributed by atoms with E-state index in [1.165, 1.54) is 30.7 Å². The minimum Gasteiger partial charge on any atom is -0.311 e. The van der Waals surface area contributed by atoms with Gasteiger partial charge in [-0.15, -0.1) is 11.3 Å². The summed E-state index contributed by atoms with van der Waals surface area (Å²) in [6.07, 6.45) is 8.52. The van der Waals surface area contributed by atoms with E-state index in [1.807, 2.05) is 0 Å². The normalized spacial score (nSPS) is 23.8. The maximum atomic E-state index is 3.50. The summed E-state index contributed by atoms with van der Waals surface area (Å²) in [6.45, 7) is 1.18. The molecule has 1 N–H and O–H groups in total. The molecular weight excluding hydrogens is 178 g/mol. The molecule has 1 nitrogen and oxygen atoms in total. The van der Waals surface area contributed by atoms with Gasteiger partial charge in [0.1, 0.15) is 0 Å². The van der Waals surface area contributed by atoms with Crippen molar-refractivity contribution in [2.45, 2.75) is 25.3 Å². The summed E-state index contributed by atoms with van der Waals surface area (Å²) in [7, 11) is 0. The van der Waals surface area contributed by atoms with Crippen molar-refractivity contribution in [1.29, 1.82) is 0 Å². The Balaban J connectivity index is 1.89. The van der Waals surface area contributed by atoms with E-state index in [0.717, 1.165) is 0 Å². The molecule has 0 radical (unpaired) electrons. The van der Waals surface area contributed by atoms with Crippen LogP contribution in [0.3, 0.4) is 0 Å². The van der Waals surface area contributed by atoms with Crippen molar-refractivity contribution in [2.24, 2.45) is 0 Å². The lowest BCUT2D eigenvalue weighted by molar-refractivity contribution is 0.455. The van der Waals surface area contributed by atoms with Crippen molar-refractivity contribution in [3.05, 3.63) is 28.5 Å². The van der Waals surface area contributed by atoms with E-state index in [9.17, 15) is 0 Å². The fourth-order valence-electron chi connectivity index (χ4n) is 1.64. The van der Waals surface area contributed by atoms with Crippen molar-refractivity contribution >= 4 is 17.4 Å². The van der Waals surface area contributed by atoms with Gasteiger partial charge in [-0.25, -0.2) is 0 Å². The lowest BCUT2D eigenvalue weighted by Crippen LogP contribution is -2.31. The zero-order chi connectivity index (χ0) is 8.93. The molecule has 1 fully saturated rings. The van der Waals surface area contributed by atoms with E-state index in [1.54, 1.807) is 11.3 Å². The van der Waals surface area contributed by atoms with Crippen LogP contribution in [0.15, 0.2) is 23.6 Å². The first-order valence-corrected chi connectivity index (χ1v) is 5.78. The molecule has 0 amide bonds. The molecule has 13 heavy (non-hydrogen) atoms. The molecule has 70 valence electrons. The number of hydrogen-bond acceptors (Lipinski definition) is 2. The number of nitrogens with one attached hydrogen (secondary N) is 1. The molecule has 0 aromatic carbocycles. The van der Waals surface area contributed by atoms with Crippen LogP contribution in [-0.4, -0.2) is 12.6 Å². The third-order valence-corrected chi connectivity index (χ3v) is 3.22. The summed E-state index contributed by atoms with van der Waals surface area (Å²) in [6, 6.07) is 4.86. The molecule has 0 bridgehead atoms. The van der Waals surface area contributed by atoms with E-state index in [0.29, 0.717) is 6.04 Å². The summed E-state index contributed by atoms with van der Waals surface area (Å²) in [5.74, 6) is 0. The van der Waals surface area contributed by atoms with Gasteiger partial charge in [0, 0.05) is 10.9 Å². The molecule has 2 heterocycles. The summed E-state index contributed by atoms with van der Waals surface area (Å²) >= 11 is 1.80. The van der Waals surface area contributed by atoms with Crippen LogP contribution in [0.1, 0.15) is 24.1 Å². The monoisotopic (exact) mass is 193 g/mol. The van der Waals surface area contributed by atoms with Crippen molar-refractivity contribution in [3.8, 4) is 0 Å². The van der Waals surface area contributed by atoms with Crippen LogP contribution in [0.4, 0.5) is 0 Å². The maximum absolute atomic E-state index is 3.50. The van der Waals surface area contributed by atoms with E-state index in [-0.39, 0.29) is 0 Å². The summed E-state index contributed by atoms with van der Waals surface area (Å²) in [4.78, 5) is 1.35. The Hall–Kier alpha value is -0.600. The zero-order valence-corrected chi connectivity index (χ0v) is 8.52. The lowest BCUT2D eigenvalue weighted by Gasteiger charge is -2.19. The topological polar surface area (TPSA) is 12.0 Å². The maximum Gasteiger partial charge on any atom is 0.0267 e. The predicted molar refractivity (Wildman–Crippen MR) is 59.0 cm³/mol. The first kappa shape index (κ1) is 8.97. The van der Waals surface area contributed by atoms with Crippen LogP contribution in [0.2, 0.25) is 0 Å². The van der Waals surface area contributed by atoms with E-state index in [4.69, 9.17) is 0 Å². The van der Waals surface area contributed by atoms with Gasteiger partial charge in [-0.2, -0.15) is 0 Å². The first-order valence-electron chi connectivity index (χ1n) is 4.90. The number of hydrogen-bond donors (Lipinski definition) is 1. The Morgan fingerprint density at radius 1 is 1.46 bits per heavy atom. The molecule has 2 heteroatoms. The lowest BCUT2D eigenvalue weighted by atomic mass is 10.0. The predicted octanol–water partition coefficient (Wildman–Crippen LogP) is 2.90. The van der Waals surface area contributed by atoms with Crippen molar-refractivity contribution < 1.29 is 0 Å². The molecular formula is C11H15NS. The minimum atomic E-state index is 0.607. The molecule has 1 aromatic rings. The Bertz CT molecular complexity index is 258. The van der Waals surface area contributed by atoms with Gasteiger partial charge in [-0.05, 0) is 36.9 Å². The second-order valence-corrected chi connectivity index (χ2v) is 4.41. The average Bonchev–Trinajstić information content (AvgIpc) is 2.69. The molecule has 1 aliphatic rings. The van der Waals surface area contributed by atoms with Crippen LogP contribution in [-0.2, 0) is 0 Å². The minimum absolute atomic E-state index is 0.607. The van der Waals surface area contributed by atoms with E-state index < -0.39 is 0 Å². The van der Waals surface area contributed by atoms with Gasteiger partial charge in [0.15, 0.2) is 0 Å². The van der Waals surface area contributed by atoms with E-state index in [2.05, 4.69) is 35.0 Å². The van der Waals surface area contributed by atoms with Crippen LogP contribution >= 0.6 is 11.3 Å². The highest BCUT2D eigenvalue weighted by molar-refractivity contribution is 7.10. The number of thiophene rings is 1. The number of piperidine rings is 1. The highest BCUT2D eigenvalue weighted by Gasteiger charge is 2.07. The van der Waals surface area contributed by atoms with Crippen molar-refractivity contribution in [3.63, 3.8) is 0 Å². The Kier molecular flexibility index (Phi) is 3.16. The Morgan fingerprint density at radius 2 is 2.46 bits per heavy atom. The molecule has 0 spiro atoms. The third kappa shape index (κ3) is 2.68. The molecule has 1 unspecified atom stereocenters. The quantitative estimate of drug-likeness (QED) is 0.761. The Morgan fingerprint density at radius 3 is 3.15 bits per heavy atom. The standard InChI is InChI=1S/C11H15NS/c1-2-8-12-10(4-1)6-7-11-5-3-9-13-11/h3,5-7,9-10,12H,1-2,4,8H2. The van der Waals surface area contributed by atoms with Gasteiger partial charge in [-0.3, -0.25) is 0 Å². The van der Waals surface area contributed by atoms with Gasteiger partial charge in [0.05, 0.1) is 0 Å². The third-order valence-electron chi connectivity index (χ3n) is 2.38. The zero-order valence-electron chi connectivity index (χ0n) is 7.70. The molecule has 0 aliphatic carbocycles. The van der Waals surface area contributed by atoms with Gasteiger partial charge in [-0.1, -0.05) is 18.6 Å². The second kappa shape index (κ2) is 4.58. The van der Waals surface area contributed by atoms with Crippen molar-refractivity contribution in [2.75, 3.05) is 6.54 Å². The van der Waals surface area contributed by atoms with Crippen LogP contribution < -0.4 is 5.32 Å². The fraction of sp³-hybridized carbons (Fsp3) is 0.455. The highest BCUT2D eigenvalue weighted by Crippen LogP contribution is 2.13. The van der Waals surface area contributed by atoms with Crippen LogP contribution in [0.25, 0.3) is 6.08 Å². The highest BCUT2D eigenvalue weighted by atomic mass is 32.1. The largest absolute Gasteiger partial charge is 0.311 e. The molecule has 2 rings (SSSR count). The Labute approximate surface area is 83.5 Å². The molecule has 1 aliphatic heterocycles. The SMILES string of the molecule is C(=CC1CCCCN1)c1cccs1. The second-order valence-electron chi connectivity index (χ2n) is 3.43. The smallest absolute Gasteiger partial charge is 0.0267 e.